The fraction of sp³-hybridized carbons (Fsp3) is 0.235. The van der Waals surface area contributed by atoms with E-state index < -0.39 is 10.9 Å². The van der Waals surface area contributed by atoms with Gasteiger partial charge < -0.3 is 4.74 Å². The number of esters is 1. The Morgan fingerprint density at radius 3 is 2.67 bits per heavy atom. The van der Waals surface area contributed by atoms with E-state index in [-0.39, 0.29) is 16.3 Å². The lowest BCUT2D eigenvalue weighted by Gasteiger charge is -2.19. The number of non-ortho nitro benzene ring substituents is 1. The lowest BCUT2D eigenvalue weighted by Crippen LogP contribution is -2.11. The van der Waals surface area contributed by atoms with Gasteiger partial charge >= 0.3 is 5.97 Å². The van der Waals surface area contributed by atoms with Crippen LogP contribution in [0, 0.1) is 10.1 Å². The zero-order chi connectivity index (χ0) is 17.3. The molecule has 7 heteroatoms. The molecule has 5 nitrogen and oxygen atoms in total. The van der Waals surface area contributed by atoms with Gasteiger partial charge in [0.15, 0.2) is 0 Å². The van der Waals surface area contributed by atoms with Crippen molar-refractivity contribution >= 4 is 39.2 Å². The summed E-state index contributed by atoms with van der Waals surface area (Å²) in [6.45, 7) is 0. The summed E-state index contributed by atoms with van der Waals surface area (Å²) in [5.41, 5.74) is 2.35. The lowest BCUT2D eigenvalue weighted by molar-refractivity contribution is -0.384. The van der Waals surface area contributed by atoms with Gasteiger partial charge in [0.2, 0.25) is 0 Å². The van der Waals surface area contributed by atoms with Crippen molar-refractivity contribution in [3.63, 3.8) is 0 Å². The summed E-state index contributed by atoms with van der Waals surface area (Å²) in [5.74, 6) is -0.221. The molecule has 1 aliphatic rings. The second-order valence-electron chi connectivity index (χ2n) is 5.53. The Morgan fingerprint density at radius 1 is 1.21 bits per heavy atom. The second-order valence-corrected chi connectivity index (χ2v) is 6.73. The number of rotatable bonds is 3. The van der Waals surface area contributed by atoms with Crippen LogP contribution in [0.4, 0.5) is 5.69 Å². The minimum absolute atomic E-state index is 0.0108. The number of aryl methyl sites for hydroxylation is 1. The van der Waals surface area contributed by atoms with Gasteiger partial charge in [-0.25, -0.2) is 4.79 Å². The van der Waals surface area contributed by atoms with Crippen molar-refractivity contribution in [3.05, 3.63) is 66.6 Å². The Morgan fingerprint density at radius 2 is 1.96 bits per heavy atom. The summed E-state index contributed by atoms with van der Waals surface area (Å²) < 4.78 is 6.22. The molecule has 0 unspecified atom stereocenters. The second kappa shape index (κ2) is 6.91. The molecule has 0 aromatic heterocycles. The molecular weight excluding hydrogens is 398 g/mol. The summed E-state index contributed by atoms with van der Waals surface area (Å²) in [5, 5.41) is 10.7. The van der Waals surface area contributed by atoms with E-state index in [0.29, 0.717) is 5.75 Å². The molecule has 3 rings (SSSR count). The first-order chi connectivity index (χ1) is 11.5. The number of hydrogen-bond donors (Lipinski definition) is 0. The number of ether oxygens (including phenoxy) is 1. The van der Waals surface area contributed by atoms with Crippen molar-refractivity contribution in [2.24, 2.45) is 0 Å². The molecule has 2 aromatic rings. The van der Waals surface area contributed by atoms with E-state index in [1.807, 2.05) is 6.07 Å². The summed E-state index contributed by atoms with van der Waals surface area (Å²) in [6.07, 6.45) is 4.24. The van der Waals surface area contributed by atoms with Crippen LogP contribution >= 0.6 is 27.5 Å². The van der Waals surface area contributed by atoms with Crippen LogP contribution in [0.25, 0.3) is 0 Å². The lowest BCUT2D eigenvalue weighted by atomic mass is 9.92. The Bertz CT molecular complexity index is 838. The quantitative estimate of drug-likeness (QED) is 0.305. The molecule has 0 fully saturated rings. The molecule has 0 saturated heterocycles. The maximum absolute atomic E-state index is 12.3. The molecule has 0 saturated carbocycles. The Kier molecular flexibility index (Phi) is 4.87. The van der Waals surface area contributed by atoms with Crippen LogP contribution in [0.5, 0.6) is 5.75 Å². The number of halogens is 2. The van der Waals surface area contributed by atoms with Gasteiger partial charge in [-0.1, -0.05) is 17.7 Å². The molecule has 0 aliphatic heterocycles. The molecule has 0 heterocycles. The molecule has 0 spiro atoms. The summed E-state index contributed by atoms with van der Waals surface area (Å²) >= 11 is 9.49. The standard InChI is InChI=1S/C17H13BrClNO4/c18-16-12-4-2-1-3-10(12)5-8-15(16)24-17(21)13-7-6-11(20(22)23)9-14(13)19/h5-9H,1-4H2. The van der Waals surface area contributed by atoms with Crippen molar-refractivity contribution in [1.82, 2.24) is 0 Å². The van der Waals surface area contributed by atoms with Gasteiger partial charge in [0.25, 0.3) is 5.69 Å². The topological polar surface area (TPSA) is 69.4 Å². The van der Waals surface area contributed by atoms with Crippen LogP contribution in [0.15, 0.2) is 34.8 Å². The molecule has 1 aliphatic carbocycles. The third-order valence-corrected chi connectivity index (χ3v) is 5.20. The predicted molar refractivity (Wildman–Crippen MR) is 93.8 cm³/mol. The van der Waals surface area contributed by atoms with Crippen LogP contribution < -0.4 is 4.74 Å². The van der Waals surface area contributed by atoms with Crippen LogP contribution in [0.2, 0.25) is 5.02 Å². The van der Waals surface area contributed by atoms with Crippen molar-refractivity contribution in [1.29, 1.82) is 0 Å². The van der Waals surface area contributed by atoms with Crippen LogP contribution in [0.1, 0.15) is 34.3 Å². The van der Waals surface area contributed by atoms with Gasteiger partial charge in [0.05, 0.1) is 20.0 Å². The van der Waals surface area contributed by atoms with E-state index in [1.165, 1.54) is 23.3 Å². The van der Waals surface area contributed by atoms with Gasteiger partial charge in [-0.3, -0.25) is 10.1 Å². The minimum atomic E-state index is -0.647. The maximum atomic E-state index is 12.3. The monoisotopic (exact) mass is 409 g/mol. The molecular formula is C17H13BrClNO4. The maximum Gasteiger partial charge on any atom is 0.345 e. The number of carbonyl (C=O) groups is 1. The number of benzene rings is 2. The third-order valence-electron chi connectivity index (χ3n) is 4.01. The number of fused-ring (bicyclic) bond motifs is 1. The molecule has 124 valence electrons. The number of nitro benzene ring substituents is 1. The molecule has 0 atom stereocenters. The highest BCUT2D eigenvalue weighted by Gasteiger charge is 2.20. The number of nitrogens with zero attached hydrogens (tertiary/aromatic N) is 1. The zero-order valence-corrected chi connectivity index (χ0v) is 14.9. The first kappa shape index (κ1) is 16.9. The van der Waals surface area contributed by atoms with E-state index in [9.17, 15) is 14.9 Å². The Hall–Kier alpha value is -1.92. The molecule has 0 amide bonds. The SMILES string of the molecule is O=C(Oc1ccc2c(c1Br)CCCC2)c1ccc([N+](=O)[O-])cc1Cl. The fourth-order valence-electron chi connectivity index (χ4n) is 2.78. The number of hydrogen-bond acceptors (Lipinski definition) is 4. The molecule has 24 heavy (non-hydrogen) atoms. The average Bonchev–Trinajstić information content (AvgIpc) is 2.57. The average molecular weight is 411 g/mol. The normalized spacial score (nSPS) is 13.2. The first-order valence-corrected chi connectivity index (χ1v) is 8.61. The Balaban J connectivity index is 1.86. The molecule has 0 radical (unpaired) electrons. The van der Waals surface area contributed by atoms with Gasteiger partial charge in [-0.05, 0) is 64.9 Å². The van der Waals surface area contributed by atoms with Gasteiger partial charge in [-0.2, -0.15) is 0 Å². The van der Waals surface area contributed by atoms with Crippen LogP contribution in [0.3, 0.4) is 0 Å². The summed E-state index contributed by atoms with van der Waals surface area (Å²) in [6, 6.07) is 7.39. The van der Waals surface area contributed by atoms with Crippen LogP contribution in [-0.4, -0.2) is 10.9 Å². The predicted octanol–water partition coefficient (Wildman–Crippen LogP) is 5.11. The highest BCUT2D eigenvalue weighted by Crippen LogP contribution is 2.36. The van der Waals surface area contributed by atoms with Crippen molar-refractivity contribution < 1.29 is 14.5 Å². The van der Waals surface area contributed by atoms with E-state index in [1.54, 1.807) is 6.07 Å². The highest BCUT2D eigenvalue weighted by atomic mass is 79.9. The Labute approximate surface area is 151 Å². The van der Waals surface area contributed by atoms with E-state index in [4.69, 9.17) is 16.3 Å². The van der Waals surface area contributed by atoms with Gasteiger partial charge in [-0.15, -0.1) is 0 Å². The van der Waals surface area contributed by atoms with Gasteiger partial charge in [0.1, 0.15) is 5.75 Å². The van der Waals surface area contributed by atoms with E-state index in [2.05, 4.69) is 15.9 Å². The molecule has 2 aromatic carbocycles. The fourth-order valence-corrected chi connectivity index (χ4v) is 3.70. The zero-order valence-electron chi connectivity index (χ0n) is 12.6. The molecule has 0 N–H and O–H groups in total. The number of nitro groups is 1. The number of carbonyl (C=O) groups excluding carboxylic acids is 1. The van der Waals surface area contributed by atoms with Crippen molar-refractivity contribution in [2.45, 2.75) is 25.7 Å². The first-order valence-electron chi connectivity index (χ1n) is 7.43. The summed E-state index contributed by atoms with van der Waals surface area (Å²) in [7, 11) is 0. The minimum Gasteiger partial charge on any atom is -0.422 e. The van der Waals surface area contributed by atoms with Crippen molar-refractivity contribution in [2.75, 3.05) is 0 Å². The van der Waals surface area contributed by atoms with E-state index in [0.717, 1.165) is 36.2 Å². The van der Waals surface area contributed by atoms with E-state index >= 15 is 0 Å². The van der Waals surface area contributed by atoms with Crippen molar-refractivity contribution in [3.8, 4) is 5.75 Å². The highest BCUT2D eigenvalue weighted by molar-refractivity contribution is 9.10. The molecule has 0 bridgehead atoms. The third kappa shape index (κ3) is 3.30. The smallest absolute Gasteiger partial charge is 0.345 e. The van der Waals surface area contributed by atoms with Gasteiger partial charge in [0, 0.05) is 12.1 Å². The largest absolute Gasteiger partial charge is 0.422 e. The summed E-state index contributed by atoms with van der Waals surface area (Å²) in [4.78, 5) is 22.5. The van der Waals surface area contributed by atoms with Crippen LogP contribution in [-0.2, 0) is 12.8 Å².